The molecule has 0 spiro atoms. The second-order valence-electron chi connectivity index (χ2n) is 15.6. The normalized spacial score (nSPS) is 12.7. The van der Waals surface area contributed by atoms with Gasteiger partial charge < -0.3 is 18.9 Å². The number of benzene rings is 6. The molecule has 3 aliphatic rings. The highest BCUT2D eigenvalue weighted by Gasteiger charge is 2.26. The van der Waals surface area contributed by atoms with Crippen LogP contribution in [0.1, 0.15) is 56.5 Å². The van der Waals surface area contributed by atoms with E-state index < -0.39 is 0 Å². The zero-order chi connectivity index (χ0) is 38.9. The van der Waals surface area contributed by atoms with Crippen LogP contribution in [0.2, 0.25) is 0 Å². The van der Waals surface area contributed by atoms with Gasteiger partial charge in [0, 0.05) is 55.6 Å². The Labute approximate surface area is 336 Å². The minimum atomic E-state index is -0.239. The molecule has 6 aromatic carbocycles. The fraction of sp³-hybridized carbons (Fsp3) is 0.275. The first-order valence-electron chi connectivity index (χ1n) is 20.3. The van der Waals surface area contributed by atoms with Gasteiger partial charge in [-0.15, -0.1) is 0 Å². The Bertz CT molecular complexity index is 2370. The predicted octanol–water partition coefficient (Wildman–Crippen LogP) is 10.1. The van der Waals surface area contributed by atoms with Crippen LogP contribution >= 0.6 is 0 Å². The summed E-state index contributed by atoms with van der Waals surface area (Å²) in [5.74, 6) is 2.60. The second-order valence-corrected chi connectivity index (χ2v) is 15.6. The van der Waals surface area contributed by atoms with Gasteiger partial charge in [-0.05, 0) is 87.5 Å². The first kappa shape index (κ1) is 36.8. The molecule has 3 aliphatic carbocycles. The van der Waals surface area contributed by atoms with E-state index in [9.17, 15) is 4.79 Å². The number of aryl methyl sites for hydroxylation is 3. The van der Waals surface area contributed by atoms with Crippen molar-refractivity contribution in [3.8, 4) is 50.6 Å². The van der Waals surface area contributed by atoms with E-state index in [2.05, 4.69) is 135 Å². The van der Waals surface area contributed by atoms with Gasteiger partial charge in [0.05, 0.1) is 6.42 Å². The molecule has 57 heavy (non-hydrogen) atoms. The number of nitrogens with zero attached hydrogens (tertiary/aromatic N) is 1. The lowest BCUT2D eigenvalue weighted by Gasteiger charge is -2.24. The number of fused-ring (bicyclic) bond motifs is 9. The fourth-order valence-corrected chi connectivity index (χ4v) is 9.01. The Morgan fingerprint density at radius 1 is 0.456 bits per heavy atom. The van der Waals surface area contributed by atoms with E-state index in [1.54, 1.807) is 0 Å². The molecule has 0 atom stereocenters. The molecule has 0 heterocycles. The number of carbonyl (C=O) groups is 1. The Kier molecular flexibility index (Phi) is 10.3. The summed E-state index contributed by atoms with van der Waals surface area (Å²) in [6.07, 6.45) is 2.87. The van der Waals surface area contributed by atoms with Crippen LogP contribution in [-0.4, -0.2) is 56.9 Å². The predicted molar refractivity (Wildman–Crippen MR) is 227 cm³/mol. The van der Waals surface area contributed by atoms with E-state index >= 15 is 0 Å². The van der Waals surface area contributed by atoms with E-state index in [0.29, 0.717) is 39.5 Å². The van der Waals surface area contributed by atoms with Gasteiger partial charge in [-0.25, -0.2) is 0 Å². The van der Waals surface area contributed by atoms with Gasteiger partial charge in [0.1, 0.15) is 43.7 Å². The monoisotopic (exact) mass is 755 g/mol. The van der Waals surface area contributed by atoms with Crippen LogP contribution < -0.4 is 14.2 Å². The molecule has 0 bridgehead atoms. The summed E-state index contributed by atoms with van der Waals surface area (Å²) in [5, 5.41) is 0. The molecule has 6 aromatic rings. The minimum absolute atomic E-state index is 0.197. The molecule has 0 N–H and O–H groups in total. The lowest BCUT2D eigenvalue weighted by Crippen LogP contribution is -2.34. The average molecular weight is 756 g/mol. The van der Waals surface area contributed by atoms with Crippen LogP contribution in [0, 0.1) is 20.8 Å². The van der Waals surface area contributed by atoms with Crippen molar-refractivity contribution in [2.45, 2.75) is 46.5 Å². The van der Waals surface area contributed by atoms with Crippen molar-refractivity contribution < 1.29 is 23.7 Å². The van der Waals surface area contributed by atoms with Crippen molar-refractivity contribution >= 4 is 5.97 Å². The Balaban J connectivity index is 0.830. The van der Waals surface area contributed by atoms with Crippen LogP contribution in [0.4, 0.5) is 0 Å². The molecule has 0 unspecified atom stereocenters. The third kappa shape index (κ3) is 7.31. The largest absolute Gasteiger partial charge is 0.492 e. The van der Waals surface area contributed by atoms with Crippen LogP contribution in [-0.2, 0) is 28.8 Å². The summed E-state index contributed by atoms with van der Waals surface area (Å²) >= 11 is 0. The number of hydrogen-bond acceptors (Lipinski definition) is 6. The maximum Gasteiger partial charge on any atom is 0.307 e. The van der Waals surface area contributed by atoms with Crippen LogP contribution in [0.3, 0.4) is 0 Å². The molecule has 288 valence electrons. The standard InChI is InChI=1S/C51H49NO5/c1-33-16-19-42-39-13-7-4-10-36(39)30-45(42)49(33)55-26-24-52(25-27-56-50-34(2)17-20-43-40-14-8-5-11-37(40)31-46(43)50)23-22-48(53)54-28-29-57-51-35(3)18-21-44-41-15-9-6-12-38(41)32-47(44)51/h4-21H,22-32H2,1-3H3. The average Bonchev–Trinajstić information content (AvgIpc) is 3.92. The molecule has 0 saturated carbocycles. The molecule has 9 rings (SSSR count). The van der Waals surface area contributed by atoms with Crippen LogP contribution in [0.25, 0.3) is 33.4 Å². The fourth-order valence-electron chi connectivity index (χ4n) is 9.01. The smallest absolute Gasteiger partial charge is 0.307 e. The molecule has 6 nitrogen and oxygen atoms in total. The second kappa shape index (κ2) is 16.0. The van der Waals surface area contributed by atoms with E-state index in [-0.39, 0.29) is 19.0 Å². The van der Waals surface area contributed by atoms with E-state index in [1.807, 2.05) is 0 Å². The number of carbonyl (C=O) groups excluding carboxylic acids is 1. The topological polar surface area (TPSA) is 57.2 Å². The number of hydrogen-bond donors (Lipinski definition) is 0. The molecule has 0 amide bonds. The van der Waals surface area contributed by atoms with Crippen molar-refractivity contribution in [1.82, 2.24) is 4.90 Å². The summed E-state index contributed by atoms with van der Waals surface area (Å²) in [6, 6.07) is 38.8. The molecular formula is C51H49NO5. The minimum Gasteiger partial charge on any atom is -0.492 e. The summed E-state index contributed by atoms with van der Waals surface area (Å²) in [7, 11) is 0. The Morgan fingerprint density at radius 2 is 0.842 bits per heavy atom. The molecule has 0 fully saturated rings. The lowest BCUT2D eigenvalue weighted by molar-refractivity contribution is -0.144. The summed E-state index contributed by atoms with van der Waals surface area (Å²) in [5.41, 5.74) is 18.7. The molecule has 0 radical (unpaired) electrons. The van der Waals surface area contributed by atoms with Gasteiger partial charge in [-0.2, -0.15) is 0 Å². The van der Waals surface area contributed by atoms with Crippen molar-refractivity contribution in [3.63, 3.8) is 0 Å². The van der Waals surface area contributed by atoms with Crippen molar-refractivity contribution in [2.24, 2.45) is 0 Å². The van der Waals surface area contributed by atoms with E-state index in [0.717, 1.165) is 53.2 Å². The SMILES string of the molecule is Cc1ccc2c(c1OCCOC(=O)CCN(CCOc1c(C)ccc3c1Cc1ccccc1-3)CCOc1c(C)ccc3c1Cc1ccccc1-3)Cc1ccccc1-2. The molecule has 0 aliphatic heterocycles. The van der Waals surface area contributed by atoms with Crippen molar-refractivity contribution in [2.75, 3.05) is 46.1 Å². The number of esters is 1. The Hall–Kier alpha value is -5.85. The summed E-state index contributed by atoms with van der Waals surface area (Å²) in [4.78, 5) is 15.4. The lowest BCUT2D eigenvalue weighted by atomic mass is 10.0. The van der Waals surface area contributed by atoms with Gasteiger partial charge in [0.15, 0.2) is 0 Å². The van der Waals surface area contributed by atoms with Crippen LogP contribution in [0.5, 0.6) is 17.2 Å². The Morgan fingerprint density at radius 3 is 1.26 bits per heavy atom. The maximum absolute atomic E-state index is 13.1. The highest BCUT2D eigenvalue weighted by Crippen LogP contribution is 2.45. The van der Waals surface area contributed by atoms with Crippen LogP contribution in [0.15, 0.2) is 109 Å². The quantitative estimate of drug-likeness (QED) is 0.0767. The number of rotatable bonds is 15. The zero-order valence-corrected chi connectivity index (χ0v) is 33.2. The van der Waals surface area contributed by atoms with Gasteiger partial charge >= 0.3 is 5.97 Å². The molecule has 6 heteroatoms. The third-order valence-corrected chi connectivity index (χ3v) is 11.9. The van der Waals surface area contributed by atoms with E-state index in [1.165, 1.54) is 66.8 Å². The molecular weight excluding hydrogens is 707 g/mol. The molecule has 0 aromatic heterocycles. The third-order valence-electron chi connectivity index (χ3n) is 11.9. The first-order valence-corrected chi connectivity index (χ1v) is 20.3. The van der Waals surface area contributed by atoms with E-state index in [4.69, 9.17) is 18.9 Å². The highest BCUT2D eigenvalue weighted by molar-refractivity contribution is 5.82. The van der Waals surface area contributed by atoms with Crippen molar-refractivity contribution in [1.29, 1.82) is 0 Å². The first-order chi connectivity index (χ1) is 27.9. The number of ether oxygens (including phenoxy) is 4. The summed E-state index contributed by atoms with van der Waals surface area (Å²) < 4.78 is 25.2. The van der Waals surface area contributed by atoms with Gasteiger partial charge in [0.25, 0.3) is 0 Å². The van der Waals surface area contributed by atoms with Gasteiger partial charge in [-0.3, -0.25) is 9.69 Å². The zero-order valence-electron chi connectivity index (χ0n) is 33.2. The molecule has 0 saturated heterocycles. The van der Waals surface area contributed by atoms with Gasteiger partial charge in [-0.1, -0.05) is 109 Å². The highest BCUT2D eigenvalue weighted by atomic mass is 16.6. The van der Waals surface area contributed by atoms with Crippen molar-refractivity contribution in [3.05, 3.63) is 159 Å². The van der Waals surface area contributed by atoms with Gasteiger partial charge in [0.2, 0.25) is 0 Å². The summed E-state index contributed by atoms with van der Waals surface area (Å²) in [6.45, 7) is 9.63. The maximum atomic E-state index is 13.1.